The molecule has 0 bridgehead atoms. The van der Waals surface area contributed by atoms with E-state index >= 15 is 0 Å². The van der Waals surface area contributed by atoms with Crippen LogP contribution in [-0.4, -0.2) is 45.2 Å². The van der Waals surface area contributed by atoms with E-state index in [4.69, 9.17) is 0 Å². The van der Waals surface area contributed by atoms with Crippen LogP contribution >= 0.6 is 0 Å². The van der Waals surface area contributed by atoms with E-state index in [0.717, 1.165) is 13.1 Å². The maximum absolute atomic E-state index is 13.1. The van der Waals surface area contributed by atoms with E-state index in [9.17, 15) is 4.39 Å². The minimum absolute atomic E-state index is 0.308. The normalized spacial score (nSPS) is 20.2. The zero-order chi connectivity index (χ0) is 13.2. The van der Waals surface area contributed by atoms with Crippen LogP contribution in [0.25, 0.3) is 5.65 Å². The lowest BCUT2D eigenvalue weighted by molar-refractivity contribution is 0.277. The third-order valence-electron chi connectivity index (χ3n) is 3.70. The second kappa shape index (κ2) is 5.13. The minimum Gasteiger partial charge on any atom is -0.351 e. The Bertz CT molecular complexity index is 567. The molecule has 1 N–H and O–H groups in total. The van der Waals surface area contributed by atoms with E-state index in [2.05, 4.69) is 27.2 Å². The van der Waals surface area contributed by atoms with Crippen LogP contribution in [0.3, 0.4) is 0 Å². The summed E-state index contributed by atoms with van der Waals surface area (Å²) < 4.78 is 14.5. The first-order chi connectivity index (χ1) is 9.26. The van der Waals surface area contributed by atoms with Crippen LogP contribution in [-0.2, 0) is 0 Å². The number of hydrogen-bond acceptors (Lipinski definition) is 4. The van der Waals surface area contributed by atoms with Crippen LogP contribution in [0, 0.1) is 5.82 Å². The highest BCUT2D eigenvalue weighted by Gasteiger charge is 2.22. The molecule has 0 aromatic carbocycles. The summed E-state index contributed by atoms with van der Waals surface area (Å²) in [5, 5.41) is 7.47. The van der Waals surface area contributed by atoms with Crippen molar-refractivity contribution in [1.82, 2.24) is 19.5 Å². The molecule has 0 saturated carbocycles. The predicted molar refractivity (Wildman–Crippen MR) is 71.7 cm³/mol. The lowest BCUT2D eigenvalue weighted by Crippen LogP contribution is -2.34. The number of halogens is 1. The van der Waals surface area contributed by atoms with Gasteiger partial charge in [0, 0.05) is 12.6 Å². The molecule has 19 heavy (non-hydrogen) atoms. The molecular weight excluding hydrogens is 245 g/mol. The van der Waals surface area contributed by atoms with Crippen molar-refractivity contribution in [1.29, 1.82) is 0 Å². The van der Waals surface area contributed by atoms with E-state index in [-0.39, 0.29) is 5.82 Å². The van der Waals surface area contributed by atoms with E-state index in [1.165, 1.54) is 36.2 Å². The van der Waals surface area contributed by atoms with Gasteiger partial charge in [-0.2, -0.15) is 4.98 Å². The summed E-state index contributed by atoms with van der Waals surface area (Å²) in [6.45, 7) is 5.28. The summed E-state index contributed by atoms with van der Waals surface area (Å²) in [7, 11) is 0. The highest BCUT2D eigenvalue weighted by molar-refractivity contribution is 5.43. The number of nitrogens with zero attached hydrogens (tertiary/aromatic N) is 4. The Morgan fingerprint density at radius 1 is 1.47 bits per heavy atom. The molecule has 0 spiro atoms. The summed E-state index contributed by atoms with van der Waals surface area (Å²) in [6, 6.07) is 3.57. The molecule has 1 atom stereocenters. The molecule has 0 radical (unpaired) electrons. The maximum Gasteiger partial charge on any atom is 0.243 e. The molecule has 1 saturated heterocycles. The fraction of sp³-hybridized carbons (Fsp3) is 0.538. The zero-order valence-electron chi connectivity index (χ0n) is 11.0. The standard InChI is InChI=1S/C13H18FN5/c1-2-18-7-3-4-11(18)8-15-13-16-12-6-5-10(14)9-19(12)17-13/h5-6,9,11H,2-4,7-8H2,1H3,(H,15,17). The van der Waals surface area contributed by atoms with Crippen LogP contribution < -0.4 is 5.32 Å². The topological polar surface area (TPSA) is 45.5 Å². The molecular formula is C13H18FN5. The van der Waals surface area contributed by atoms with Crippen molar-refractivity contribution in [2.24, 2.45) is 0 Å². The van der Waals surface area contributed by atoms with Crippen LogP contribution in [0.1, 0.15) is 19.8 Å². The van der Waals surface area contributed by atoms with Crippen LogP contribution in [0.5, 0.6) is 0 Å². The van der Waals surface area contributed by atoms with Crippen LogP contribution in [0.4, 0.5) is 10.3 Å². The van der Waals surface area contributed by atoms with Gasteiger partial charge < -0.3 is 5.32 Å². The van der Waals surface area contributed by atoms with Crippen LogP contribution in [0.2, 0.25) is 0 Å². The van der Waals surface area contributed by atoms with Crippen molar-refractivity contribution in [3.8, 4) is 0 Å². The number of likely N-dealkylation sites (N-methyl/N-ethyl adjacent to an activating group) is 1. The van der Waals surface area contributed by atoms with Gasteiger partial charge in [-0.25, -0.2) is 8.91 Å². The van der Waals surface area contributed by atoms with Gasteiger partial charge in [0.05, 0.1) is 6.20 Å². The Morgan fingerprint density at radius 3 is 3.21 bits per heavy atom. The molecule has 1 unspecified atom stereocenters. The summed E-state index contributed by atoms with van der Waals surface area (Å²) in [5.74, 6) is 0.255. The third kappa shape index (κ3) is 2.53. The van der Waals surface area contributed by atoms with Crippen molar-refractivity contribution in [3.63, 3.8) is 0 Å². The molecule has 3 heterocycles. The molecule has 2 aromatic rings. The van der Waals surface area contributed by atoms with Gasteiger partial charge >= 0.3 is 0 Å². The number of aromatic nitrogens is 3. The largest absolute Gasteiger partial charge is 0.351 e. The summed E-state index contributed by atoms with van der Waals surface area (Å²) in [6.07, 6.45) is 3.80. The minimum atomic E-state index is -0.308. The van der Waals surface area contributed by atoms with Gasteiger partial charge in [-0.15, -0.1) is 5.10 Å². The average molecular weight is 263 g/mol. The highest BCUT2D eigenvalue weighted by Crippen LogP contribution is 2.17. The second-order valence-electron chi connectivity index (χ2n) is 4.89. The van der Waals surface area contributed by atoms with Crippen molar-refractivity contribution in [2.75, 3.05) is 25.0 Å². The fourth-order valence-electron chi connectivity index (χ4n) is 2.68. The average Bonchev–Trinajstić information content (AvgIpc) is 3.01. The predicted octanol–water partition coefficient (Wildman–Crippen LogP) is 1.76. The molecule has 1 aliphatic heterocycles. The first kappa shape index (κ1) is 12.3. The Kier molecular flexibility index (Phi) is 3.33. The summed E-state index contributed by atoms with van der Waals surface area (Å²) in [5.41, 5.74) is 0.655. The monoisotopic (exact) mass is 263 g/mol. The number of fused-ring (bicyclic) bond motifs is 1. The number of rotatable bonds is 4. The smallest absolute Gasteiger partial charge is 0.243 e. The van der Waals surface area contributed by atoms with Gasteiger partial charge in [0.1, 0.15) is 5.82 Å². The van der Waals surface area contributed by atoms with Crippen LogP contribution in [0.15, 0.2) is 18.3 Å². The number of nitrogens with one attached hydrogen (secondary N) is 1. The SMILES string of the molecule is CCN1CCCC1CNc1nc2ccc(F)cn2n1. The molecule has 2 aromatic heterocycles. The van der Waals surface area contributed by atoms with Gasteiger partial charge in [-0.05, 0) is 38.1 Å². The zero-order valence-corrected chi connectivity index (χ0v) is 11.0. The number of likely N-dealkylation sites (tertiary alicyclic amines) is 1. The van der Waals surface area contributed by atoms with Gasteiger partial charge in [0.15, 0.2) is 5.65 Å². The van der Waals surface area contributed by atoms with Gasteiger partial charge in [0.25, 0.3) is 0 Å². The highest BCUT2D eigenvalue weighted by atomic mass is 19.1. The molecule has 5 nitrogen and oxygen atoms in total. The fourth-order valence-corrected chi connectivity index (χ4v) is 2.68. The lowest BCUT2D eigenvalue weighted by Gasteiger charge is -2.22. The van der Waals surface area contributed by atoms with Crippen molar-refractivity contribution >= 4 is 11.6 Å². The maximum atomic E-state index is 13.1. The Hall–Kier alpha value is -1.69. The van der Waals surface area contributed by atoms with E-state index in [1.54, 1.807) is 6.07 Å². The van der Waals surface area contributed by atoms with Gasteiger partial charge in [-0.3, -0.25) is 4.90 Å². The van der Waals surface area contributed by atoms with E-state index in [0.29, 0.717) is 17.6 Å². The Morgan fingerprint density at radius 2 is 2.37 bits per heavy atom. The first-order valence-electron chi connectivity index (χ1n) is 6.76. The molecule has 1 aliphatic rings. The molecule has 102 valence electrons. The van der Waals surface area contributed by atoms with Crippen molar-refractivity contribution in [3.05, 3.63) is 24.1 Å². The third-order valence-corrected chi connectivity index (χ3v) is 3.70. The summed E-state index contributed by atoms with van der Waals surface area (Å²) >= 11 is 0. The van der Waals surface area contributed by atoms with Crippen molar-refractivity contribution < 1.29 is 4.39 Å². The lowest BCUT2D eigenvalue weighted by atomic mass is 10.2. The summed E-state index contributed by atoms with van der Waals surface area (Å²) in [4.78, 5) is 6.78. The number of hydrogen-bond donors (Lipinski definition) is 1. The molecule has 1 fully saturated rings. The second-order valence-corrected chi connectivity index (χ2v) is 4.89. The molecule has 6 heteroatoms. The first-order valence-corrected chi connectivity index (χ1v) is 6.76. The van der Waals surface area contributed by atoms with Gasteiger partial charge in [0.2, 0.25) is 5.95 Å². The molecule has 0 aliphatic carbocycles. The quantitative estimate of drug-likeness (QED) is 0.913. The number of pyridine rings is 1. The van der Waals surface area contributed by atoms with E-state index < -0.39 is 0 Å². The Balaban J connectivity index is 1.68. The Labute approximate surface area is 111 Å². The number of anilines is 1. The van der Waals surface area contributed by atoms with E-state index in [1.807, 2.05) is 0 Å². The molecule has 0 amide bonds. The molecule has 3 rings (SSSR count). The van der Waals surface area contributed by atoms with Gasteiger partial charge in [-0.1, -0.05) is 6.92 Å². The van der Waals surface area contributed by atoms with Crippen molar-refractivity contribution in [2.45, 2.75) is 25.8 Å².